The molecule has 0 radical (unpaired) electrons. The molecule has 2 amide bonds. The van der Waals surface area contributed by atoms with Crippen LogP contribution in [0.2, 0.25) is 10.0 Å². The smallest absolute Gasteiger partial charge is 1.00 e. The Balaban J connectivity index is 0.00000162. The number of amides is 2. The van der Waals surface area contributed by atoms with Gasteiger partial charge in [0, 0.05) is 42.7 Å². The molecule has 172 valence electrons. The van der Waals surface area contributed by atoms with Crippen molar-refractivity contribution in [2.75, 3.05) is 18.0 Å². The third-order valence-electron chi connectivity index (χ3n) is 6.19. The predicted molar refractivity (Wildman–Crippen MR) is 121 cm³/mol. The van der Waals surface area contributed by atoms with E-state index in [-0.39, 0.29) is 78.0 Å². The fraction of sp³-hybridized carbons (Fsp3) is 0.500. The van der Waals surface area contributed by atoms with Gasteiger partial charge < -0.3 is 27.1 Å². The van der Waals surface area contributed by atoms with Gasteiger partial charge in [-0.1, -0.05) is 34.5 Å². The molecule has 9 nitrogen and oxygen atoms in total. The number of hydrogen-bond acceptors (Lipinski definition) is 6. The van der Waals surface area contributed by atoms with Crippen molar-refractivity contribution in [2.24, 2.45) is 11.8 Å². The first-order chi connectivity index (χ1) is 15.2. The van der Waals surface area contributed by atoms with Crippen LogP contribution in [0.4, 0.5) is 5.13 Å². The molecule has 4 N–H and O–H groups in total. The Hall–Kier alpha value is -1.70. The van der Waals surface area contributed by atoms with Crippen molar-refractivity contribution < 1.29 is 39.8 Å². The number of piperidine rings is 1. The molecule has 2 aromatic heterocycles. The zero-order valence-electron chi connectivity index (χ0n) is 19.1. The topological polar surface area (TPSA) is 127 Å². The van der Waals surface area contributed by atoms with Crippen molar-refractivity contribution >= 4 is 57.5 Å². The Bertz CT molecular complexity index is 1130. The molecule has 0 spiro atoms. The van der Waals surface area contributed by atoms with Crippen LogP contribution in [0.1, 0.15) is 45.8 Å². The molecule has 3 heterocycles. The second-order valence-corrected chi connectivity index (χ2v) is 10.3. The molecule has 5 rings (SSSR count). The summed E-state index contributed by atoms with van der Waals surface area (Å²) in [5.41, 5.74) is 1.20. The van der Waals surface area contributed by atoms with Gasteiger partial charge >= 0.3 is 24.8 Å². The molecule has 13 heteroatoms. The maximum absolute atomic E-state index is 12.6. The first-order valence-electron chi connectivity index (χ1n) is 10.3. The first-order valence-corrected chi connectivity index (χ1v) is 11.9. The van der Waals surface area contributed by atoms with Crippen molar-refractivity contribution in [3.8, 4) is 0 Å². The summed E-state index contributed by atoms with van der Waals surface area (Å²) in [5.74, 6) is -1.06. The molecule has 1 unspecified atom stereocenters. The molecule has 0 bridgehead atoms. The van der Waals surface area contributed by atoms with Gasteiger partial charge in [-0.3, -0.25) is 9.59 Å². The average molecular weight is 506 g/mol. The summed E-state index contributed by atoms with van der Waals surface area (Å²) in [4.78, 5) is 45.8. The van der Waals surface area contributed by atoms with E-state index in [0.717, 1.165) is 24.2 Å². The summed E-state index contributed by atoms with van der Waals surface area (Å²) in [6, 6.07) is 0.243. The number of carboxylic acid groups (broad SMARTS) is 1. The number of rotatable bonds is 7. The van der Waals surface area contributed by atoms with Crippen LogP contribution in [0.15, 0.2) is 0 Å². The monoisotopic (exact) mass is 505 g/mol. The Morgan fingerprint density at radius 3 is 2.42 bits per heavy atom. The van der Waals surface area contributed by atoms with Crippen LogP contribution in [-0.4, -0.2) is 58.0 Å². The van der Waals surface area contributed by atoms with Gasteiger partial charge in [-0.2, -0.15) is 0 Å². The van der Waals surface area contributed by atoms with Crippen molar-refractivity contribution in [1.82, 2.24) is 20.6 Å². The van der Waals surface area contributed by atoms with Crippen LogP contribution in [0.5, 0.6) is 0 Å². The van der Waals surface area contributed by atoms with Crippen LogP contribution in [0.3, 0.4) is 0 Å². The third-order valence-corrected chi connectivity index (χ3v) is 8.29. The Kier molecular flexibility index (Phi) is 6.78. The average Bonchev–Trinajstić information content (AvgIpc) is 3.50. The number of aromatic carboxylic acids is 1. The van der Waals surface area contributed by atoms with Crippen molar-refractivity contribution in [3.63, 3.8) is 0 Å². The summed E-state index contributed by atoms with van der Waals surface area (Å²) < 4.78 is 0. The third kappa shape index (κ3) is 4.77. The van der Waals surface area contributed by atoms with E-state index in [2.05, 4.69) is 20.6 Å². The number of thiazole rings is 1. The standard InChI is InChI=1S/C20H21Cl2N5O4S.Li.H/c1-7-13(21)14(22)16(23-7)18(29)26-15-9-5-27(6-10(9)15)20-25-11(17(32-20)19(30)31)4-12(28)24-8-2-3-8;;/h8-10,15,23H,2-6H2,1H3,(H,24,28)(H,26,29)(H,30,31);;/q;+1;-1/t9-,10+,15?;;. The molecule has 33 heavy (non-hydrogen) atoms. The van der Waals surface area contributed by atoms with E-state index in [0.29, 0.717) is 34.6 Å². The number of carbonyl (C=O) groups is 3. The van der Waals surface area contributed by atoms with E-state index in [1.54, 1.807) is 6.92 Å². The van der Waals surface area contributed by atoms with E-state index < -0.39 is 5.97 Å². The van der Waals surface area contributed by atoms with Gasteiger partial charge in [0.25, 0.3) is 5.91 Å². The van der Waals surface area contributed by atoms with Gasteiger partial charge in [0.2, 0.25) is 5.91 Å². The number of carbonyl (C=O) groups excluding carboxylic acids is 2. The van der Waals surface area contributed by atoms with E-state index in [9.17, 15) is 19.5 Å². The van der Waals surface area contributed by atoms with Crippen molar-refractivity contribution in [1.29, 1.82) is 0 Å². The molecule has 2 aromatic rings. The molecule has 3 fully saturated rings. The minimum atomic E-state index is -1.07. The maximum atomic E-state index is 12.6. The fourth-order valence-corrected chi connectivity index (χ4v) is 5.62. The molecule has 2 aliphatic carbocycles. The van der Waals surface area contributed by atoms with Crippen LogP contribution < -0.4 is 34.4 Å². The number of fused-ring (bicyclic) bond motifs is 1. The van der Waals surface area contributed by atoms with Gasteiger partial charge in [0.15, 0.2) is 5.13 Å². The normalized spacial score (nSPS) is 23.0. The molecule has 1 aliphatic heterocycles. The molecule has 3 aliphatic rings. The molecule has 0 aromatic carbocycles. The number of carboxylic acids is 1. The molecular formula is C20H22Cl2LiN5O4S. The van der Waals surface area contributed by atoms with Gasteiger partial charge in [-0.05, 0) is 19.8 Å². The largest absolute Gasteiger partial charge is 1.00 e. The number of aromatic amines is 1. The van der Waals surface area contributed by atoms with Crippen LogP contribution in [0, 0.1) is 18.8 Å². The van der Waals surface area contributed by atoms with Gasteiger partial charge in [-0.15, -0.1) is 0 Å². The van der Waals surface area contributed by atoms with Gasteiger partial charge in [0.1, 0.15) is 10.6 Å². The van der Waals surface area contributed by atoms with E-state index in [1.807, 2.05) is 4.90 Å². The van der Waals surface area contributed by atoms with Crippen molar-refractivity contribution in [3.05, 3.63) is 32.0 Å². The number of nitrogens with zero attached hydrogens (tertiary/aromatic N) is 2. The van der Waals surface area contributed by atoms with E-state index in [4.69, 9.17) is 23.2 Å². The van der Waals surface area contributed by atoms with E-state index in [1.165, 1.54) is 0 Å². The maximum Gasteiger partial charge on any atom is 1.00 e. The van der Waals surface area contributed by atoms with Gasteiger partial charge in [0.05, 0.1) is 22.2 Å². The second-order valence-electron chi connectivity index (χ2n) is 8.58. The molecular weight excluding hydrogens is 484 g/mol. The van der Waals surface area contributed by atoms with Crippen LogP contribution in [0.25, 0.3) is 0 Å². The number of aryl methyl sites for hydroxylation is 1. The zero-order chi connectivity index (χ0) is 22.7. The molecule has 1 saturated heterocycles. The second kappa shape index (κ2) is 9.15. The minimum Gasteiger partial charge on any atom is -1.00 e. The Morgan fingerprint density at radius 1 is 1.21 bits per heavy atom. The number of halogens is 2. The Morgan fingerprint density at radius 2 is 1.88 bits per heavy atom. The van der Waals surface area contributed by atoms with Gasteiger partial charge in [-0.25, -0.2) is 9.78 Å². The number of H-pyrrole nitrogens is 1. The van der Waals surface area contributed by atoms with Crippen molar-refractivity contribution in [2.45, 2.75) is 38.3 Å². The SMILES string of the molecule is Cc1[nH]c(C(=O)NC2[C@H]3CN(c4nc(CC(=O)NC5CC5)c(C(=O)O)s4)C[C@@H]23)c(Cl)c1Cl.[H-].[Li+]. The summed E-state index contributed by atoms with van der Waals surface area (Å²) in [6.07, 6.45) is 1.90. The summed E-state index contributed by atoms with van der Waals surface area (Å²) in [7, 11) is 0. The van der Waals surface area contributed by atoms with Crippen LogP contribution >= 0.6 is 34.5 Å². The summed E-state index contributed by atoms with van der Waals surface area (Å²) in [5, 5.41) is 16.6. The van der Waals surface area contributed by atoms with E-state index >= 15 is 0 Å². The zero-order valence-corrected chi connectivity index (χ0v) is 20.4. The summed E-state index contributed by atoms with van der Waals surface area (Å²) in [6.45, 7) is 3.07. The Labute approximate surface area is 217 Å². The number of hydrogen-bond donors (Lipinski definition) is 4. The predicted octanol–water partition coefficient (Wildman–Crippen LogP) is -0.413. The minimum absolute atomic E-state index is 0. The molecule has 2 saturated carbocycles. The summed E-state index contributed by atoms with van der Waals surface area (Å²) >= 11 is 13.3. The fourth-order valence-electron chi connectivity index (χ4n) is 4.27. The number of nitrogens with one attached hydrogen (secondary N) is 3. The molecule has 3 atom stereocenters. The number of aromatic nitrogens is 2. The number of anilines is 1. The van der Waals surface area contributed by atoms with Crippen LogP contribution in [-0.2, 0) is 11.2 Å². The quantitative estimate of drug-likeness (QED) is 0.378. The first kappa shape index (κ1) is 24.4.